The van der Waals surface area contributed by atoms with Crippen LogP contribution in [0.4, 0.5) is 0 Å². The van der Waals surface area contributed by atoms with E-state index in [2.05, 4.69) is 10.2 Å². The monoisotopic (exact) mass is 498 g/mol. The molecule has 1 aromatic heterocycles. The topological polar surface area (TPSA) is 98.6 Å². The summed E-state index contributed by atoms with van der Waals surface area (Å²) >= 11 is 1.24. The molecule has 36 heavy (non-hydrogen) atoms. The number of ether oxygens (including phenoxy) is 1. The molecule has 1 unspecified atom stereocenters. The van der Waals surface area contributed by atoms with Crippen molar-refractivity contribution in [2.24, 2.45) is 5.10 Å². The predicted octanol–water partition coefficient (Wildman–Crippen LogP) is 4.45. The van der Waals surface area contributed by atoms with E-state index in [0.717, 1.165) is 33.7 Å². The lowest BCUT2D eigenvalue weighted by molar-refractivity contribution is -0.130. The van der Waals surface area contributed by atoms with Crippen molar-refractivity contribution in [2.75, 3.05) is 18.7 Å². The highest BCUT2D eigenvalue weighted by Crippen LogP contribution is 2.34. The summed E-state index contributed by atoms with van der Waals surface area (Å²) in [5, 5.41) is 15.2. The summed E-state index contributed by atoms with van der Waals surface area (Å²) in [5.41, 5.74) is 4.88. The maximum absolute atomic E-state index is 13.4. The first-order chi connectivity index (χ1) is 17.5. The molecule has 2 N–H and O–H groups in total. The van der Waals surface area contributed by atoms with Crippen molar-refractivity contribution in [3.05, 3.63) is 95.6 Å². The normalized spacial score (nSPS) is 15.1. The summed E-state index contributed by atoms with van der Waals surface area (Å²) < 4.78 is 6.72. The summed E-state index contributed by atoms with van der Waals surface area (Å²) in [4.78, 5) is 13.4. The van der Waals surface area contributed by atoms with Gasteiger partial charge in [-0.3, -0.25) is 4.79 Å². The third-order valence-electron chi connectivity index (χ3n) is 6.07. The number of nitrogen functional groups attached to an aromatic ring is 1. The number of aromatic nitrogens is 3. The molecule has 0 saturated carbocycles. The van der Waals surface area contributed by atoms with Crippen molar-refractivity contribution >= 4 is 23.4 Å². The minimum atomic E-state index is -0.210. The molecule has 1 aliphatic rings. The van der Waals surface area contributed by atoms with Gasteiger partial charge in [-0.15, -0.1) is 10.2 Å². The molecule has 3 aromatic carbocycles. The highest BCUT2D eigenvalue weighted by atomic mass is 32.2. The molecule has 5 rings (SSSR count). The summed E-state index contributed by atoms with van der Waals surface area (Å²) in [7, 11) is 1.63. The molecule has 1 amide bonds. The van der Waals surface area contributed by atoms with Gasteiger partial charge in [0.1, 0.15) is 5.75 Å². The molecular formula is C27H26N6O2S. The molecule has 0 aliphatic carbocycles. The Labute approximate surface area is 213 Å². The van der Waals surface area contributed by atoms with Crippen LogP contribution in [0.25, 0.3) is 11.4 Å². The van der Waals surface area contributed by atoms with Crippen LogP contribution in [-0.2, 0) is 4.79 Å². The standard InChI is InChI=1S/C27H26N6O2S/c1-18-8-10-21(11-9-18)26-29-30-27(32(26)28)36-17-25(34)33-24(20-12-14-22(35-2)15-13-20)16-23(31-33)19-6-4-3-5-7-19/h3-15,24H,16-17,28H2,1-2H3. The van der Waals surface area contributed by atoms with E-state index in [4.69, 9.17) is 15.7 Å². The Balaban J connectivity index is 1.36. The van der Waals surface area contributed by atoms with Crippen molar-refractivity contribution in [2.45, 2.75) is 24.5 Å². The number of hydrazone groups is 1. The second kappa shape index (κ2) is 10.2. The molecule has 0 radical (unpaired) electrons. The number of carbonyl (C=O) groups is 1. The Bertz CT molecular complexity index is 1380. The van der Waals surface area contributed by atoms with Crippen molar-refractivity contribution < 1.29 is 9.53 Å². The van der Waals surface area contributed by atoms with Crippen LogP contribution in [0.5, 0.6) is 5.75 Å². The maximum Gasteiger partial charge on any atom is 0.253 e. The van der Waals surface area contributed by atoms with E-state index < -0.39 is 0 Å². The van der Waals surface area contributed by atoms with E-state index in [-0.39, 0.29) is 17.7 Å². The van der Waals surface area contributed by atoms with Gasteiger partial charge in [0.2, 0.25) is 5.16 Å². The van der Waals surface area contributed by atoms with Gasteiger partial charge in [0.05, 0.1) is 24.6 Å². The number of hydrogen-bond acceptors (Lipinski definition) is 7. The van der Waals surface area contributed by atoms with Crippen LogP contribution in [0.15, 0.2) is 89.1 Å². The zero-order chi connectivity index (χ0) is 25.1. The third-order valence-corrected chi connectivity index (χ3v) is 7.00. The van der Waals surface area contributed by atoms with Gasteiger partial charge in [-0.25, -0.2) is 9.69 Å². The molecule has 2 heterocycles. The number of thioether (sulfide) groups is 1. The largest absolute Gasteiger partial charge is 0.497 e. The fourth-order valence-corrected chi connectivity index (χ4v) is 4.81. The SMILES string of the molecule is COc1ccc(C2CC(c3ccccc3)=NN2C(=O)CSc2nnc(-c3ccc(C)cc3)n2N)cc1. The second-order valence-corrected chi connectivity index (χ2v) is 9.42. The molecule has 4 aromatic rings. The molecule has 8 nitrogen and oxygen atoms in total. The van der Waals surface area contributed by atoms with Gasteiger partial charge in [0.15, 0.2) is 5.82 Å². The van der Waals surface area contributed by atoms with Crippen LogP contribution >= 0.6 is 11.8 Å². The number of rotatable bonds is 7. The zero-order valence-electron chi connectivity index (χ0n) is 20.0. The smallest absolute Gasteiger partial charge is 0.253 e. The number of methoxy groups -OCH3 is 1. The van der Waals surface area contributed by atoms with Gasteiger partial charge in [-0.05, 0) is 30.2 Å². The van der Waals surface area contributed by atoms with E-state index >= 15 is 0 Å². The Morgan fingerprint density at radius 1 is 1.00 bits per heavy atom. The first-order valence-corrected chi connectivity index (χ1v) is 12.5. The lowest BCUT2D eigenvalue weighted by Crippen LogP contribution is -2.28. The molecule has 0 spiro atoms. The molecule has 1 atom stereocenters. The lowest BCUT2D eigenvalue weighted by Gasteiger charge is -2.22. The van der Waals surface area contributed by atoms with Crippen LogP contribution < -0.4 is 10.6 Å². The van der Waals surface area contributed by atoms with Gasteiger partial charge in [0, 0.05) is 12.0 Å². The van der Waals surface area contributed by atoms with Crippen molar-refractivity contribution in [1.82, 2.24) is 19.9 Å². The van der Waals surface area contributed by atoms with Gasteiger partial charge in [-0.2, -0.15) is 5.10 Å². The van der Waals surface area contributed by atoms with E-state index in [9.17, 15) is 4.79 Å². The number of aryl methyl sites for hydroxylation is 1. The van der Waals surface area contributed by atoms with Gasteiger partial charge < -0.3 is 10.6 Å². The van der Waals surface area contributed by atoms with Crippen LogP contribution in [0, 0.1) is 6.92 Å². The van der Waals surface area contributed by atoms with Crippen molar-refractivity contribution in [1.29, 1.82) is 0 Å². The molecule has 1 aliphatic heterocycles. The molecule has 0 saturated heterocycles. The summed E-state index contributed by atoms with van der Waals surface area (Å²) in [6, 6.07) is 25.4. The highest BCUT2D eigenvalue weighted by molar-refractivity contribution is 7.99. The minimum absolute atomic E-state index is 0.126. The van der Waals surface area contributed by atoms with Gasteiger partial charge >= 0.3 is 0 Å². The number of nitrogens with two attached hydrogens (primary N) is 1. The molecule has 182 valence electrons. The second-order valence-electron chi connectivity index (χ2n) is 8.47. The van der Waals surface area contributed by atoms with Gasteiger partial charge in [-0.1, -0.05) is 84.1 Å². The lowest BCUT2D eigenvalue weighted by atomic mass is 9.98. The van der Waals surface area contributed by atoms with Crippen molar-refractivity contribution in [3.63, 3.8) is 0 Å². The van der Waals surface area contributed by atoms with Gasteiger partial charge in [0.25, 0.3) is 5.91 Å². The zero-order valence-corrected chi connectivity index (χ0v) is 20.9. The molecular weight excluding hydrogens is 472 g/mol. The summed E-state index contributed by atoms with van der Waals surface area (Å²) in [5.74, 6) is 7.57. The van der Waals surface area contributed by atoms with Crippen LogP contribution in [-0.4, -0.2) is 44.4 Å². The average Bonchev–Trinajstić information content (AvgIpc) is 3.53. The van der Waals surface area contributed by atoms with E-state index in [0.29, 0.717) is 17.4 Å². The van der Waals surface area contributed by atoms with E-state index in [1.165, 1.54) is 16.4 Å². The average molecular weight is 499 g/mol. The number of carbonyl (C=O) groups excluding carboxylic acids is 1. The Morgan fingerprint density at radius 2 is 1.72 bits per heavy atom. The Kier molecular flexibility index (Phi) is 6.73. The summed E-state index contributed by atoms with van der Waals surface area (Å²) in [6.45, 7) is 2.02. The number of hydrogen-bond donors (Lipinski definition) is 1. The fourth-order valence-electron chi connectivity index (χ4n) is 4.10. The van der Waals surface area contributed by atoms with Crippen LogP contribution in [0.2, 0.25) is 0 Å². The fraction of sp³-hybridized carbons (Fsp3) is 0.185. The Morgan fingerprint density at radius 3 is 2.42 bits per heavy atom. The van der Waals surface area contributed by atoms with E-state index in [1.54, 1.807) is 12.1 Å². The summed E-state index contributed by atoms with van der Waals surface area (Å²) in [6.07, 6.45) is 0.622. The van der Waals surface area contributed by atoms with Crippen LogP contribution in [0.3, 0.4) is 0 Å². The first-order valence-electron chi connectivity index (χ1n) is 11.5. The quantitative estimate of drug-likeness (QED) is 0.299. The van der Waals surface area contributed by atoms with E-state index in [1.807, 2.05) is 85.8 Å². The molecule has 0 bridgehead atoms. The minimum Gasteiger partial charge on any atom is -0.497 e. The molecule has 9 heteroatoms. The first kappa shape index (κ1) is 23.6. The Hall–Kier alpha value is -4.11. The predicted molar refractivity (Wildman–Crippen MR) is 141 cm³/mol. The third kappa shape index (κ3) is 4.83. The number of nitrogens with zero attached hydrogens (tertiary/aromatic N) is 5. The maximum atomic E-state index is 13.4. The van der Waals surface area contributed by atoms with Crippen molar-refractivity contribution in [3.8, 4) is 17.1 Å². The number of amides is 1. The molecule has 0 fully saturated rings. The number of benzene rings is 3. The van der Waals surface area contributed by atoms with Crippen LogP contribution in [0.1, 0.15) is 29.2 Å². The highest BCUT2D eigenvalue weighted by Gasteiger charge is 2.33.